The number of aryl methyl sites for hydroxylation is 1. The molecule has 0 aliphatic carbocycles. The Bertz CT molecular complexity index is 407. The van der Waals surface area contributed by atoms with E-state index in [1.807, 2.05) is 0 Å². The van der Waals surface area contributed by atoms with Gasteiger partial charge < -0.3 is 11.1 Å². The van der Waals surface area contributed by atoms with Crippen molar-refractivity contribution in [3.8, 4) is 6.07 Å². The highest BCUT2D eigenvalue weighted by molar-refractivity contribution is 7.17. The molecule has 5 nitrogen and oxygen atoms in total. The molecule has 1 aromatic rings. The Labute approximate surface area is 98.3 Å². The Morgan fingerprint density at radius 2 is 2.38 bits per heavy atom. The first-order chi connectivity index (χ1) is 7.65. The molecule has 0 bridgehead atoms. The first-order valence-corrected chi connectivity index (χ1v) is 5.85. The second kappa shape index (κ2) is 6.08. The van der Waals surface area contributed by atoms with Crippen LogP contribution in [0.2, 0.25) is 0 Å². The normalized spacial score (nSPS) is 9.75. The number of thiazole rings is 1. The minimum absolute atomic E-state index is 0.136. The van der Waals surface area contributed by atoms with E-state index in [4.69, 9.17) is 11.0 Å². The Morgan fingerprint density at radius 1 is 1.62 bits per heavy atom. The highest BCUT2D eigenvalue weighted by Gasteiger charge is 2.12. The number of nitrogen functional groups attached to an aromatic ring is 1. The molecule has 86 valence electrons. The van der Waals surface area contributed by atoms with Crippen LogP contribution in [0.4, 0.5) is 5.13 Å². The molecule has 1 heterocycles. The van der Waals surface area contributed by atoms with Gasteiger partial charge in [0.05, 0.1) is 11.8 Å². The van der Waals surface area contributed by atoms with E-state index < -0.39 is 0 Å². The van der Waals surface area contributed by atoms with Gasteiger partial charge in [-0.3, -0.25) is 4.79 Å². The van der Waals surface area contributed by atoms with Gasteiger partial charge in [0.15, 0.2) is 5.13 Å². The van der Waals surface area contributed by atoms with Crippen molar-refractivity contribution < 1.29 is 4.79 Å². The van der Waals surface area contributed by atoms with Crippen LogP contribution < -0.4 is 11.1 Å². The van der Waals surface area contributed by atoms with Crippen LogP contribution in [0.15, 0.2) is 0 Å². The number of hydrogen-bond acceptors (Lipinski definition) is 5. The maximum absolute atomic E-state index is 11.7. The molecule has 1 aromatic heterocycles. The average Bonchev–Trinajstić information content (AvgIpc) is 2.57. The van der Waals surface area contributed by atoms with Crippen LogP contribution in [-0.2, 0) is 0 Å². The van der Waals surface area contributed by atoms with Crippen LogP contribution in [0.3, 0.4) is 0 Å². The van der Waals surface area contributed by atoms with Gasteiger partial charge in [-0.1, -0.05) is 11.3 Å². The van der Waals surface area contributed by atoms with E-state index in [1.54, 1.807) is 6.92 Å². The van der Waals surface area contributed by atoms with E-state index in [1.165, 1.54) is 11.3 Å². The third-order valence-electron chi connectivity index (χ3n) is 2.02. The van der Waals surface area contributed by atoms with Gasteiger partial charge in [0.2, 0.25) is 0 Å². The molecular formula is C10H14N4OS. The van der Waals surface area contributed by atoms with Gasteiger partial charge in [-0.2, -0.15) is 5.26 Å². The lowest BCUT2D eigenvalue weighted by Gasteiger charge is -2.02. The van der Waals surface area contributed by atoms with E-state index in [-0.39, 0.29) is 5.91 Å². The number of nitrogens with zero attached hydrogens (tertiary/aromatic N) is 2. The summed E-state index contributed by atoms with van der Waals surface area (Å²) in [5.74, 6) is -0.136. The van der Waals surface area contributed by atoms with Crippen molar-refractivity contribution in [1.29, 1.82) is 5.26 Å². The number of rotatable bonds is 5. The second-order valence-corrected chi connectivity index (χ2v) is 4.37. The Kier molecular flexibility index (Phi) is 4.73. The third kappa shape index (κ3) is 3.51. The second-order valence-electron chi connectivity index (χ2n) is 3.34. The molecule has 0 fully saturated rings. The monoisotopic (exact) mass is 238 g/mol. The van der Waals surface area contributed by atoms with E-state index in [9.17, 15) is 4.79 Å². The van der Waals surface area contributed by atoms with Crippen molar-refractivity contribution in [1.82, 2.24) is 10.3 Å². The summed E-state index contributed by atoms with van der Waals surface area (Å²) in [6, 6.07) is 2.06. The lowest BCUT2D eigenvalue weighted by atomic mass is 10.2. The molecule has 0 saturated heterocycles. The van der Waals surface area contributed by atoms with Crippen LogP contribution in [-0.4, -0.2) is 17.4 Å². The van der Waals surface area contributed by atoms with Gasteiger partial charge in [0.1, 0.15) is 4.88 Å². The zero-order valence-corrected chi connectivity index (χ0v) is 9.93. The molecule has 0 saturated carbocycles. The minimum atomic E-state index is -0.136. The fraction of sp³-hybridized carbons (Fsp3) is 0.500. The van der Waals surface area contributed by atoms with E-state index in [0.717, 1.165) is 12.8 Å². The molecule has 0 spiro atoms. The minimum Gasteiger partial charge on any atom is -0.375 e. The molecule has 0 aliphatic heterocycles. The van der Waals surface area contributed by atoms with E-state index in [2.05, 4.69) is 16.4 Å². The number of nitriles is 1. The smallest absolute Gasteiger partial charge is 0.263 e. The van der Waals surface area contributed by atoms with Crippen molar-refractivity contribution in [2.24, 2.45) is 0 Å². The first-order valence-electron chi connectivity index (χ1n) is 5.03. The summed E-state index contributed by atoms with van der Waals surface area (Å²) in [6.45, 7) is 2.34. The van der Waals surface area contributed by atoms with Crippen molar-refractivity contribution in [2.45, 2.75) is 26.2 Å². The molecule has 0 radical (unpaired) electrons. The molecule has 1 amide bonds. The van der Waals surface area contributed by atoms with Crippen molar-refractivity contribution in [2.75, 3.05) is 12.3 Å². The van der Waals surface area contributed by atoms with Gasteiger partial charge >= 0.3 is 0 Å². The number of aromatic nitrogens is 1. The number of carbonyl (C=O) groups is 1. The van der Waals surface area contributed by atoms with Gasteiger partial charge in [0.25, 0.3) is 5.91 Å². The molecule has 3 N–H and O–H groups in total. The maximum Gasteiger partial charge on any atom is 0.263 e. The van der Waals surface area contributed by atoms with Crippen molar-refractivity contribution in [3.05, 3.63) is 10.6 Å². The highest BCUT2D eigenvalue weighted by atomic mass is 32.1. The van der Waals surface area contributed by atoms with Gasteiger partial charge in [-0.05, 0) is 19.8 Å². The lowest BCUT2D eigenvalue weighted by Crippen LogP contribution is -2.24. The number of hydrogen-bond donors (Lipinski definition) is 2. The highest BCUT2D eigenvalue weighted by Crippen LogP contribution is 2.19. The largest absolute Gasteiger partial charge is 0.375 e. The third-order valence-corrected chi connectivity index (χ3v) is 3.01. The number of amides is 1. The van der Waals surface area contributed by atoms with Crippen LogP contribution >= 0.6 is 11.3 Å². The van der Waals surface area contributed by atoms with Gasteiger partial charge in [-0.25, -0.2) is 4.98 Å². The zero-order valence-electron chi connectivity index (χ0n) is 9.12. The Morgan fingerprint density at radius 3 is 2.94 bits per heavy atom. The number of unbranched alkanes of at least 4 members (excludes halogenated alkanes) is 2. The maximum atomic E-state index is 11.7. The Hall–Kier alpha value is -1.61. The number of carbonyl (C=O) groups excluding carboxylic acids is 1. The summed E-state index contributed by atoms with van der Waals surface area (Å²) in [7, 11) is 0. The predicted octanol–water partition coefficient (Wildman–Crippen LogP) is 1.46. The zero-order chi connectivity index (χ0) is 12.0. The summed E-state index contributed by atoms with van der Waals surface area (Å²) in [6.07, 6.45) is 2.15. The standard InChI is InChI=1S/C10H14N4OS/c1-7-8(16-10(12)14-7)9(15)13-6-4-2-3-5-11/h2-4,6H2,1H3,(H2,12,14)(H,13,15). The molecule has 0 aromatic carbocycles. The van der Waals surface area contributed by atoms with Crippen molar-refractivity contribution >= 4 is 22.4 Å². The van der Waals surface area contributed by atoms with Crippen LogP contribution in [0.25, 0.3) is 0 Å². The quantitative estimate of drug-likeness (QED) is 0.759. The van der Waals surface area contributed by atoms with Crippen molar-refractivity contribution in [3.63, 3.8) is 0 Å². The molecule has 0 aliphatic rings. The molecular weight excluding hydrogens is 224 g/mol. The van der Waals surface area contributed by atoms with Gasteiger partial charge in [0, 0.05) is 13.0 Å². The summed E-state index contributed by atoms with van der Waals surface area (Å²) in [4.78, 5) is 16.2. The number of nitrogens with two attached hydrogens (primary N) is 1. The summed E-state index contributed by atoms with van der Waals surface area (Å²) >= 11 is 1.19. The molecule has 0 unspecified atom stereocenters. The molecule has 6 heteroatoms. The van der Waals surface area contributed by atoms with E-state index >= 15 is 0 Å². The SMILES string of the molecule is Cc1nc(N)sc1C(=O)NCCCCC#N. The van der Waals surface area contributed by atoms with Crippen LogP contribution in [0, 0.1) is 18.3 Å². The Balaban J connectivity index is 2.36. The fourth-order valence-electron chi connectivity index (χ4n) is 1.24. The summed E-state index contributed by atoms with van der Waals surface area (Å²) < 4.78 is 0. The van der Waals surface area contributed by atoms with Crippen LogP contribution in [0.5, 0.6) is 0 Å². The molecule has 0 atom stereocenters. The van der Waals surface area contributed by atoms with E-state index in [0.29, 0.717) is 28.7 Å². The topological polar surface area (TPSA) is 91.8 Å². The lowest BCUT2D eigenvalue weighted by molar-refractivity contribution is 0.0956. The number of anilines is 1. The first kappa shape index (κ1) is 12.5. The van der Waals surface area contributed by atoms with Gasteiger partial charge in [-0.15, -0.1) is 0 Å². The number of nitrogens with one attached hydrogen (secondary N) is 1. The summed E-state index contributed by atoms with van der Waals surface area (Å²) in [5.41, 5.74) is 6.17. The van der Waals surface area contributed by atoms with Crippen LogP contribution in [0.1, 0.15) is 34.6 Å². The molecule has 1 rings (SSSR count). The fourth-order valence-corrected chi connectivity index (χ4v) is 1.99. The predicted molar refractivity (Wildman–Crippen MR) is 63.1 cm³/mol. The summed E-state index contributed by atoms with van der Waals surface area (Å²) in [5, 5.41) is 11.5. The molecule has 16 heavy (non-hydrogen) atoms. The average molecular weight is 238 g/mol.